The molecule has 0 radical (unpaired) electrons. The lowest BCUT2D eigenvalue weighted by Gasteiger charge is -2.11. The molecule has 1 amide bonds. The topological polar surface area (TPSA) is 74.9 Å². The Hall–Kier alpha value is -3.50. The summed E-state index contributed by atoms with van der Waals surface area (Å²) in [6.45, 7) is 6.23. The number of amides is 1. The van der Waals surface area contributed by atoms with Gasteiger partial charge in [0, 0.05) is 6.54 Å². The van der Waals surface area contributed by atoms with Gasteiger partial charge in [0.1, 0.15) is 16.5 Å². The molecule has 3 aromatic rings. The van der Waals surface area contributed by atoms with Crippen molar-refractivity contribution in [3.8, 4) is 11.8 Å². The Morgan fingerprint density at radius 2 is 1.84 bits per heavy atom. The number of nitriles is 1. The third kappa shape index (κ3) is 4.87. The molecule has 1 aromatic heterocycles. The standard InChI is InChI=1S/C25H24FN3O2S/c1-4-5-13-28-23(30)20(15-27)25-29(22-16(2)7-6-8-17(22)3)24(31)21(32-25)14-18-9-11-19(26)12-10-18/h6-12,14H,4-5,13H2,1-3H3,(H,28,30)/b21-14-,25-20-. The van der Waals surface area contributed by atoms with E-state index >= 15 is 0 Å². The van der Waals surface area contributed by atoms with Crippen molar-refractivity contribution < 1.29 is 9.18 Å². The fraction of sp³-hybridized carbons (Fsp3) is 0.240. The number of nitrogens with zero attached hydrogens (tertiary/aromatic N) is 2. The lowest BCUT2D eigenvalue weighted by molar-refractivity contribution is -0.115. The number of carbonyl (C=O) groups excluding carboxylic acids is 1. The molecule has 164 valence electrons. The van der Waals surface area contributed by atoms with Gasteiger partial charge in [-0.05, 0) is 55.2 Å². The first-order chi connectivity index (χ1) is 15.4. The average Bonchev–Trinajstić information content (AvgIpc) is 3.06. The van der Waals surface area contributed by atoms with E-state index in [0.717, 1.165) is 35.3 Å². The predicted molar refractivity (Wildman–Crippen MR) is 126 cm³/mol. The Bertz CT molecular complexity index is 1340. The Labute approximate surface area is 189 Å². The second-order valence-corrected chi connectivity index (χ2v) is 8.48. The predicted octanol–water partition coefficient (Wildman–Crippen LogP) is 3.07. The van der Waals surface area contributed by atoms with E-state index in [-0.39, 0.29) is 21.6 Å². The Morgan fingerprint density at radius 1 is 1.19 bits per heavy atom. The molecule has 32 heavy (non-hydrogen) atoms. The summed E-state index contributed by atoms with van der Waals surface area (Å²) in [4.78, 5) is 26.3. The number of hydrogen-bond donors (Lipinski definition) is 1. The van der Waals surface area contributed by atoms with Crippen molar-refractivity contribution in [3.05, 3.63) is 84.5 Å². The number of aromatic nitrogens is 1. The highest BCUT2D eigenvalue weighted by Gasteiger charge is 2.18. The van der Waals surface area contributed by atoms with Gasteiger partial charge in [-0.15, -0.1) is 11.3 Å². The lowest BCUT2D eigenvalue weighted by Crippen LogP contribution is -2.34. The zero-order chi connectivity index (χ0) is 23.3. The minimum atomic E-state index is -0.504. The SMILES string of the molecule is CCCCNC(=O)/C(C#N)=c1\s/c(=C\c2ccc(F)cc2)c(=O)n1-c1c(C)cccc1C. The molecule has 0 fully saturated rings. The molecule has 3 rings (SSSR count). The summed E-state index contributed by atoms with van der Waals surface area (Å²) >= 11 is 1.08. The van der Waals surface area contributed by atoms with Gasteiger partial charge < -0.3 is 5.32 Å². The van der Waals surface area contributed by atoms with Crippen molar-refractivity contribution in [2.24, 2.45) is 0 Å². The summed E-state index contributed by atoms with van der Waals surface area (Å²) in [6.07, 6.45) is 3.34. The second-order valence-electron chi connectivity index (χ2n) is 7.44. The summed E-state index contributed by atoms with van der Waals surface area (Å²) in [5.41, 5.74) is 2.56. The maximum atomic E-state index is 13.5. The van der Waals surface area contributed by atoms with Crippen molar-refractivity contribution in [1.82, 2.24) is 9.88 Å². The molecule has 0 unspecified atom stereocenters. The molecule has 0 aliphatic carbocycles. The smallest absolute Gasteiger partial charge is 0.273 e. The van der Waals surface area contributed by atoms with Gasteiger partial charge >= 0.3 is 0 Å². The van der Waals surface area contributed by atoms with Crippen LogP contribution in [0.2, 0.25) is 0 Å². The second kappa shape index (κ2) is 10.2. The number of halogens is 1. The Balaban J connectivity index is 2.35. The first-order valence-corrected chi connectivity index (χ1v) is 11.2. The highest BCUT2D eigenvalue weighted by Crippen LogP contribution is 2.16. The van der Waals surface area contributed by atoms with E-state index in [1.54, 1.807) is 18.2 Å². The van der Waals surface area contributed by atoms with Crippen molar-refractivity contribution in [3.63, 3.8) is 0 Å². The fourth-order valence-electron chi connectivity index (χ4n) is 3.38. The molecule has 0 atom stereocenters. The Kier molecular flexibility index (Phi) is 7.39. The molecule has 0 saturated carbocycles. The Morgan fingerprint density at radius 3 is 2.44 bits per heavy atom. The lowest BCUT2D eigenvalue weighted by atomic mass is 10.1. The molecule has 2 aromatic carbocycles. The molecule has 0 spiro atoms. The molecule has 1 N–H and O–H groups in total. The largest absolute Gasteiger partial charge is 0.351 e. The van der Waals surface area contributed by atoms with Crippen LogP contribution in [0.25, 0.3) is 17.3 Å². The molecule has 0 aliphatic rings. The highest BCUT2D eigenvalue weighted by atomic mass is 32.1. The number of carbonyl (C=O) groups is 1. The number of rotatable bonds is 6. The first-order valence-electron chi connectivity index (χ1n) is 10.4. The third-order valence-electron chi connectivity index (χ3n) is 5.02. The van der Waals surface area contributed by atoms with E-state index in [1.807, 2.05) is 45.0 Å². The summed E-state index contributed by atoms with van der Waals surface area (Å²) in [5, 5.41) is 12.6. The van der Waals surface area contributed by atoms with Crippen LogP contribution in [0.1, 0.15) is 36.5 Å². The van der Waals surface area contributed by atoms with Crippen molar-refractivity contribution >= 4 is 28.9 Å². The van der Waals surface area contributed by atoms with Crippen LogP contribution in [0.4, 0.5) is 4.39 Å². The zero-order valence-electron chi connectivity index (χ0n) is 18.2. The molecular formula is C25H24FN3O2S. The summed E-state index contributed by atoms with van der Waals surface area (Å²) < 4.78 is 15.4. The van der Waals surface area contributed by atoms with E-state index in [4.69, 9.17) is 0 Å². The van der Waals surface area contributed by atoms with Crippen LogP contribution in [0.3, 0.4) is 0 Å². The molecular weight excluding hydrogens is 425 g/mol. The number of hydrogen-bond acceptors (Lipinski definition) is 4. The van der Waals surface area contributed by atoms with Crippen LogP contribution in [0.5, 0.6) is 0 Å². The van der Waals surface area contributed by atoms with E-state index in [2.05, 4.69) is 5.32 Å². The van der Waals surface area contributed by atoms with Gasteiger partial charge in [-0.1, -0.05) is 43.7 Å². The van der Waals surface area contributed by atoms with Gasteiger partial charge in [0.15, 0.2) is 5.57 Å². The molecule has 1 heterocycles. The minimum absolute atomic E-state index is 0.107. The van der Waals surface area contributed by atoms with Gasteiger partial charge in [0.05, 0.1) is 10.2 Å². The van der Waals surface area contributed by atoms with Crippen LogP contribution in [-0.2, 0) is 4.79 Å². The minimum Gasteiger partial charge on any atom is -0.351 e. The zero-order valence-corrected chi connectivity index (χ0v) is 19.1. The van der Waals surface area contributed by atoms with Crippen LogP contribution in [0.15, 0.2) is 47.3 Å². The van der Waals surface area contributed by atoms with Gasteiger partial charge in [0.2, 0.25) is 0 Å². The number of thiazole rings is 1. The summed E-state index contributed by atoms with van der Waals surface area (Å²) in [6, 6.07) is 13.4. The molecule has 0 saturated heterocycles. The number of aryl methyl sites for hydroxylation is 2. The molecule has 5 nitrogen and oxygen atoms in total. The van der Waals surface area contributed by atoms with Crippen molar-refractivity contribution in [2.45, 2.75) is 33.6 Å². The van der Waals surface area contributed by atoms with Gasteiger partial charge in [0.25, 0.3) is 11.5 Å². The maximum Gasteiger partial charge on any atom is 0.273 e. The first kappa shape index (κ1) is 23.2. The normalized spacial score (nSPS) is 12.4. The number of para-hydroxylation sites is 1. The fourth-order valence-corrected chi connectivity index (χ4v) is 4.47. The van der Waals surface area contributed by atoms with E-state index in [9.17, 15) is 19.2 Å². The monoisotopic (exact) mass is 449 g/mol. The van der Waals surface area contributed by atoms with E-state index in [0.29, 0.717) is 22.3 Å². The maximum absolute atomic E-state index is 13.5. The van der Waals surface area contributed by atoms with Crippen LogP contribution < -0.4 is 20.1 Å². The van der Waals surface area contributed by atoms with Crippen LogP contribution in [0, 0.1) is 31.0 Å². The number of nitrogens with one attached hydrogen (secondary N) is 1. The van der Waals surface area contributed by atoms with Gasteiger partial charge in [-0.3, -0.25) is 14.2 Å². The summed E-state index contributed by atoms with van der Waals surface area (Å²) in [5.74, 6) is -0.874. The van der Waals surface area contributed by atoms with E-state index < -0.39 is 5.91 Å². The quantitative estimate of drug-likeness (QED) is 0.588. The molecule has 0 aliphatic heterocycles. The van der Waals surface area contributed by atoms with Gasteiger partial charge in [-0.25, -0.2) is 4.39 Å². The van der Waals surface area contributed by atoms with Crippen molar-refractivity contribution in [1.29, 1.82) is 5.26 Å². The number of benzene rings is 2. The van der Waals surface area contributed by atoms with Crippen LogP contribution in [-0.4, -0.2) is 17.0 Å². The van der Waals surface area contributed by atoms with Crippen LogP contribution >= 0.6 is 11.3 Å². The van der Waals surface area contributed by atoms with E-state index in [1.165, 1.54) is 16.7 Å². The number of unbranched alkanes of at least 4 members (excludes halogenated alkanes) is 1. The van der Waals surface area contributed by atoms with Crippen molar-refractivity contribution in [2.75, 3.05) is 6.54 Å². The highest BCUT2D eigenvalue weighted by molar-refractivity contribution is 7.07. The third-order valence-corrected chi connectivity index (χ3v) is 6.12. The van der Waals surface area contributed by atoms with Gasteiger partial charge in [-0.2, -0.15) is 5.26 Å². The molecule has 0 bridgehead atoms. The molecule has 7 heteroatoms. The average molecular weight is 450 g/mol. The summed E-state index contributed by atoms with van der Waals surface area (Å²) in [7, 11) is 0.